The van der Waals surface area contributed by atoms with Gasteiger partial charge in [-0.25, -0.2) is 0 Å². The average molecular weight is 309 g/mol. The Morgan fingerprint density at radius 1 is 1.43 bits per heavy atom. The monoisotopic (exact) mass is 309 g/mol. The summed E-state index contributed by atoms with van der Waals surface area (Å²) >= 11 is 0.972. The first-order valence-electron chi connectivity index (χ1n) is 6.51. The van der Waals surface area contributed by atoms with Crippen molar-refractivity contribution in [3.05, 3.63) is 33.9 Å². The molecule has 0 spiro atoms. The number of imide groups is 1. The minimum Gasteiger partial charge on any atom is -0.379 e. The number of hydrogen-bond acceptors (Lipinski definition) is 6. The van der Waals surface area contributed by atoms with Crippen molar-refractivity contribution in [2.45, 2.75) is 19.9 Å². The van der Waals surface area contributed by atoms with Crippen LogP contribution in [0.15, 0.2) is 18.2 Å². The molecule has 0 saturated carbocycles. The third kappa shape index (κ3) is 3.52. The van der Waals surface area contributed by atoms with Crippen LogP contribution >= 0.6 is 11.8 Å². The molecule has 1 aliphatic heterocycles. The maximum atomic E-state index is 11.6. The summed E-state index contributed by atoms with van der Waals surface area (Å²) in [5, 5.41) is 13.7. The molecule has 1 fully saturated rings. The molecular formula is C13H15N3O4S. The van der Waals surface area contributed by atoms with Gasteiger partial charge in [0.2, 0.25) is 5.91 Å². The lowest BCUT2D eigenvalue weighted by molar-refractivity contribution is -0.384. The lowest BCUT2D eigenvalue weighted by Crippen LogP contribution is -2.27. The predicted octanol–water partition coefficient (Wildman–Crippen LogP) is 2.61. The molecule has 0 unspecified atom stereocenters. The molecule has 1 heterocycles. The molecule has 0 radical (unpaired) electrons. The van der Waals surface area contributed by atoms with E-state index in [0.29, 0.717) is 17.8 Å². The van der Waals surface area contributed by atoms with Crippen LogP contribution < -0.4 is 5.32 Å². The second-order valence-corrected chi connectivity index (χ2v) is 5.50. The molecule has 1 N–H and O–H groups in total. The first-order chi connectivity index (χ1) is 10.0. The molecular weight excluding hydrogens is 294 g/mol. The Morgan fingerprint density at radius 2 is 2.19 bits per heavy atom. The van der Waals surface area contributed by atoms with Gasteiger partial charge >= 0.3 is 0 Å². The molecule has 8 heteroatoms. The highest BCUT2D eigenvalue weighted by atomic mass is 32.2. The summed E-state index contributed by atoms with van der Waals surface area (Å²) in [6, 6.07) is 4.58. The average Bonchev–Trinajstić information content (AvgIpc) is 2.77. The van der Waals surface area contributed by atoms with Crippen molar-refractivity contribution in [3.8, 4) is 0 Å². The van der Waals surface area contributed by atoms with Gasteiger partial charge in [-0.05, 0) is 18.1 Å². The number of anilines is 1. The number of amides is 2. The van der Waals surface area contributed by atoms with E-state index in [0.717, 1.165) is 23.1 Å². The third-order valence-electron chi connectivity index (χ3n) is 3.00. The van der Waals surface area contributed by atoms with E-state index in [1.165, 1.54) is 6.07 Å². The second kappa shape index (κ2) is 6.57. The molecule has 1 aromatic rings. The summed E-state index contributed by atoms with van der Waals surface area (Å²) in [6.45, 7) is 2.71. The fourth-order valence-corrected chi connectivity index (χ4v) is 2.68. The van der Waals surface area contributed by atoms with E-state index in [-0.39, 0.29) is 29.1 Å². The molecule has 0 aliphatic carbocycles. The highest BCUT2D eigenvalue weighted by molar-refractivity contribution is 8.14. The molecule has 0 aromatic heterocycles. The van der Waals surface area contributed by atoms with Crippen LogP contribution in [0.4, 0.5) is 16.2 Å². The van der Waals surface area contributed by atoms with Gasteiger partial charge in [-0.15, -0.1) is 0 Å². The second-order valence-electron chi connectivity index (χ2n) is 4.57. The van der Waals surface area contributed by atoms with E-state index in [2.05, 4.69) is 5.32 Å². The van der Waals surface area contributed by atoms with Gasteiger partial charge in [-0.2, -0.15) is 0 Å². The van der Waals surface area contributed by atoms with Gasteiger partial charge in [-0.3, -0.25) is 24.6 Å². The lowest BCUT2D eigenvalue weighted by Gasteiger charge is -2.14. The summed E-state index contributed by atoms with van der Waals surface area (Å²) in [4.78, 5) is 34.8. The van der Waals surface area contributed by atoms with Gasteiger partial charge in [0.05, 0.1) is 17.2 Å². The Hall–Kier alpha value is -2.09. The zero-order valence-corrected chi connectivity index (χ0v) is 12.3. The fraction of sp³-hybridized carbons (Fsp3) is 0.385. The van der Waals surface area contributed by atoms with Crippen LogP contribution in [0.25, 0.3) is 0 Å². The van der Waals surface area contributed by atoms with Crippen molar-refractivity contribution in [1.29, 1.82) is 0 Å². The summed E-state index contributed by atoms with van der Waals surface area (Å²) in [5.41, 5.74) is 1.08. The van der Waals surface area contributed by atoms with Gasteiger partial charge < -0.3 is 5.32 Å². The van der Waals surface area contributed by atoms with Gasteiger partial charge in [-0.1, -0.05) is 24.8 Å². The van der Waals surface area contributed by atoms with Crippen LogP contribution in [-0.2, 0) is 11.3 Å². The number of carbonyl (C=O) groups is 2. The number of nitrogens with one attached hydrogen (secondary N) is 1. The van der Waals surface area contributed by atoms with E-state index in [1.807, 2.05) is 6.92 Å². The Balaban J connectivity index is 2.22. The van der Waals surface area contributed by atoms with Crippen LogP contribution in [0.1, 0.15) is 18.9 Å². The van der Waals surface area contributed by atoms with Crippen molar-refractivity contribution in [3.63, 3.8) is 0 Å². The van der Waals surface area contributed by atoms with Crippen molar-refractivity contribution in [2.75, 3.05) is 17.6 Å². The van der Waals surface area contributed by atoms with Crippen LogP contribution in [-0.4, -0.2) is 33.3 Å². The van der Waals surface area contributed by atoms with Crippen LogP contribution in [0, 0.1) is 10.1 Å². The standard InChI is InChI=1S/C13H15N3O4S/c1-2-5-14-10-6-9(3-4-11(10)16(19)20)7-15-12(17)8-21-13(15)18/h3-4,6,14H,2,5,7-8H2,1H3. The summed E-state index contributed by atoms with van der Waals surface area (Å²) in [6.07, 6.45) is 0.834. The summed E-state index contributed by atoms with van der Waals surface area (Å²) < 4.78 is 0. The topological polar surface area (TPSA) is 92.6 Å². The number of nitrogens with zero attached hydrogens (tertiary/aromatic N) is 2. The number of carbonyl (C=O) groups excluding carboxylic acids is 2. The van der Waals surface area contributed by atoms with Crippen molar-refractivity contribution in [2.24, 2.45) is 0 Å². The Kier molecular flexibility index (Phi) is 4.79. The Labute approximate surface area is 125 Å². The summed E-state index contributed by atoms with van der Waals surface area (Å²) in [7, 11) is 0. The number of benzene rings is 1. The molecule has 2 rings (SSSR count). The molecule has 7 nitrogen and oxygen atoms in total. The van der Waals surface area contributed by atoms with Gasteiger partial charge in [0.15, 0.2) is 0 Å². The molecule has 112 valence electrons. The van der Waals surface area contributed by atoms with Crippen LogP contribution in [0.2, 0.25) is 0 Å². The highest BCUT2D eigenvalue weighted by Gasteiger charge is 2.30. The zero-order chi connectivity index (χ0) is 15.4. The molecule has 1 aliphatic rings. The molecule has 21 heavy (non-hydrogen) atoms. The van der Waals surface area contributed by atoms with Crippen molar-refractivity contribution < 1.29 is 14.5 Å². The van der Waals surface area contributed by atoms with Crippen molar-refractivity contribution in [1.82, 2.24) is 4.90 Å². The van der Waals surface area contributed by atoms with E-state index >= 15 is 0 Å². The molecule has 0 atom stereocenters. The number of nitro groups is 1. The maximum absolute atomic E-state index is 11.6. The lowest BCUT2D eigenvalue weighted by atomic mass is 10.1. The summed E-state index contributed by atoms with van der Waals surface area (Å²) in [5.74, 6) is -0.0707. The minimum atomic E-state index is -0.455. The number of rotatable bonds is 6. The van der Waals surface area contributed by atoms with E-state index < -0.39 is 4.92 Å². The van der Waals surface area contributed by atoms with E-state index in [4.69, 9.17) is 0 Å². The predicted molar refractivity (Wildman–Crippen MR) is 80.3 cm³/mol. The normalized spacial score (nSPS) is 14.6. The van der Waals surface area contributed by atoms with Gasteiger partial charge in [0.25, 0.3) is 10.9 Å². The van der Waals surface area contributed by atoms with Crippen LogP contribution in [0.5, 0.6) is 0 Å². The third-order valence-corrected chi connectivity index (χ3v) is 3.86. The fourth-order valence-electron chi connectivity index (χ4n) is 1.96. The largest absolute Gasteiger partial charge is 0.379 e. The Bertz CT molecular complexity index is 575. The quantitative estimate of drug-likeness (QED) is 0.641. The first kappa shape index (κ1) is 15.3. The maximum Gasteiger partial charge on any atom is 0.292 e. The molecule has 2 amide bonds. The zero-order valence-electron chi connectivity index (χ0n) is 11.5. The number of thioether (sulfide) groups is 1. The highest BCUT2D eigenvalue weighted by Crippen LogP contribution is 2.28. The molecule has 0 bridgehead atoms. The minimum absolute atomic E-state index is 0.0133. The smallest absolute Gasteiger partial charge is 0.292 e. The van der Waals surface area contributed by atoms with Crippen LogP contribution in [0.3, 0.4) is 0 Å². The first-order valence-corrected chi connectivity index (χ1v) is 7.49. The SMILES string of the molecule is CCCNc1cc(CN2C(=O)CSC2=O)ccc1[N+](=O)[O-]. The molecule has 1 aromatic carbocycles. The molecule has 1 saturated heterocycles. The van der Waals surface area contributed by atoms with Crippen molar-refractivity contribution >= 4 is 34.3 Å². The van der Waals surface area contributed by atoms with E-state index in [1.54, 1.807) is 12.1 Å². The van der Waals surface area contributed by atoms with E-state index in [9.17, 15) is 19.7 Å². The Morgan fingerprint density at radius 3 is 2.76 bits per heavy atom. The van der Waals surface area contributed by atoms with Gasteiger partial charge in [0.1, 0.15) is 5.69 Å². The number of hydrogen-bond donors (Lipinski definition) is 1. The number of nitro benzene ring substituents is 1. The van der Waals surface area contributed by atoms with Gasteiger partial charge in [0, 0.05) is 12.6 Å².